The molecule has 0 saturated carbocycles. The Morgan fingerprint density at radius 1 is 0.295 bits per heavy atom. The molecule has 0 heterocycles. The van der Waals surface area contributed by atoms with Gasteiger partial charge in [0.2, 0.25) is 0 Å². The first kappa shape index (κ1) is 60.4. The smallest absolute Gasteiger partial charge is 0.305 e. The molecule has 0 aromatic carbocycles. The average molecular weight is 862 g/mol. The van der Waals surface area contributed by atoms with Gasteiger partial charge in [0.15, 0.2) is 0 Å². The minimum absolute atomic E-state index is 0.00907. The molecule has 0 aromatic heterocycles. The number of ether oxygens (including phenoxy) is 1. The van der Waals surface area contributed by atoms with Crippen LogP contribution in [0.4, 0.5) is 0 Å². The second-order valence-corrected chi connectivity index (χ2v) is 20.2. The largest absolute Gasteiger partial charge is 0.466 e. The Balaban J connectivity index is 3.15. The van der Waals surface area contributed by atoms with Crippen LogP contribution in [0.1, 0.15) is 354 Å². The molecule has 61 heavy (non-hydrogen) atoms. The van der Waals surface area contributed by atoms with Gasteiger partial charge in [0.05, 0.1) is 12.7 Å². The molecule has 0 fully saturated rings. The first-order valence-corrected chi connectivity index (χ1v) is 29.0. The number of esters is 1. The number of hydrogen-bond donors (Lipinski definition) is 1. The summed E-state index contributed by atoms with van der Waals surface area (Å²) in [5.74, 6) is 0.00907. The first-order valence-electron chi connectivity index (χ1n) is 29.0. The number of unbranched alkanes of at least 4 members (excludes halogenated alkanes) is 47. The van der Waals surface area contributed by atoms with Gasteiger partial charge in [-0.3, -0.25) is 4.79 Å². The number of aliphatic hydroxyl groups is 1. The van der Waals surface area contributed by atoms with Crippen LogP contribution >= 0.6 is 0 Å². The van der Waals surface area contributed by atoms with Crippen molar-refractivity contribution in [3.8, 4) is 0 Å². The fourth-order valence-corrected chi connectivity index (χ4v) is 9.46. The molecule has 0 aliphatic heterocycles. The van der Waals surface area contributed by atoms with Gasteiger partial charge in [0.1, 0.15) is 0 Å². The van der Waals surface area contributed by atoms with Crippen LogP contribution in [0.5, 0.6) is 0 Å². The summed E-state index contributed by atoms with van der Waals surface area (Å²) in [5, 5.41) is 10.1. The zero-order valence-electron chi connectivity index (χ0n) is 42.5. The summed E-state index contributed by atoms with van der Waals surface area (Å²) in [6.07, 6.45) is 71.7. The van der Waals surface area contributed by atoms with E-state index in [0.717, 1.165) is 32.1 Å². The van der Waals surface area contributed by atoms with Gasteiger partial charge >= 0.3 is 5.97 Å². The van der Waals surface area contributed by atoms with Gasteiger partial charge in [0.25, 0.3) is 0 Å². The molecule has 0 rings (SSSR count). The molecule has 0 aromatic rings. The van der Waals surface area contributed by atoms with Crippen molar-refractivity contribution in [2.45, 2.75) is 360 Å². The maximum absolute atomic E-state index is 12.1. The summed E-state index contributed by atoms with van der Waals surface area (Å²) >= 11 is 0. The molecule has 3 nitrogen and oxygen atoms in total. The first-order chi connectivity index (χ1) is 30.2. The fourth-order valence-electron chi connectivity index (χ4n) is 9.46. The highest BCUT2D eigenvalue weighted by Crippen LogP contribution is 2.19. The lowest BCUT2D eigenvalue weighted by atomic mass is 10.0. The Hall–Kier alpha value is -0.570. The molecular weight excluding hydrogens is 745 g/mol. The van der Waals surface area contributed by atoms with E-state index in [1.54, 1.807) is 0 Å². The Kier molecular flexibility index (Phi) is 55.0. The van der Waals surface area contributed by atoms with Gasteiger partial charge in [-0.05, 0) is 25.7 Å². The van der Waals surface area contributed by atoms with Gasteiger partial charge in [-0.1, -0.05) is 322 Å². The molecule has 1 atom stereocenters. The molecule has 0 aliphatic rings. The normalized spacial score (nSPS) is 12.1. The molecule has 0 spiro atoms. The molecule has 0 radical (unpaired) electrons. The minimum atomic E-state index is -0.0799. The maximum atomic E-state index is 12.1. The van der Waals surface area contributed by atoms with E-state index in [0.29, 0.717) is 13.0 Å². The van der Waals surface area contributed by atoms with Crippen LogP contribution in [0.3, 0.4) is 0 Å². The van der Waals surface area contributed by atoms with Crippen LogP contribution in [0.15, 0.2) is 0 Å². The monoisotopic (exact) mass is 861 g/mol. The summed E-state index contributed by atoms with van der Waals surface area (Å²) in [6.45, 7) is 5.16. The lowest BCUT2D eigenvalue weighted by Crippen LogP contribution is -2.06. The molecule has 3 heteroatoms. The van der Waals surface area contributed by atoms with E-state index in [1.165, 1.54) is 302 Å². The Morgan fingerprint density at radius 2 is 0.492 bits per heavy atom. The van der Waals surface area contributed by atoms with Crippen molar-refractivity contribution in [1.82, 2.24) is 0 Å². The van der Waals surface area contributed by atoms with E-state index in [-0.39, 0.29) is 12.1 Å². The summed E-state index contributed by atoms with van der Waals surface area (Å²) < 4.78 is 5.48. The van der Waals surface area contributed by atoms with E-state index >= 15 is 0 Å². The van der Waals surface area contributed by atoms with Crippen molar-refractivity contribution in [3.05, 3.63) is 0 Å². The van der Waals surface area contributed by atoms with E-state index < -0.39 is 0 Å². The molecular formula is C58H116O3. The van der Waals surface area contributed by atoms with E-state index in [4.69, 9.17) is 4.74 Å². The zero-order chi connectivity index (χ0) is 44.0. The molecule has 1 N–H and O–H groups in total. The van der Waals surface area contributed by atoms with Crippen molar-refractivity contribution >= 4 is 5.97 Å². The third-order valence-electron chi connectivity index (χ3n) is 13.8. The number of aliphatic hydroxyl groups excluding tert-OH is 1. The Morgan fingerprint density at radius 3 is 0.754 bits per heavy atom. The van der Waals surface area contributed by atoms with Crippen molar-refractivity contribution in [2.75, 3.05) is 6.61 Å². The second-order valence-electron chi connectivity index (χ2n) is 20.2. The second kappa shape index (κ2) is 55.6. The van der Waals surface area contributed by atoms with Crippen LogP contribution in [0.25, 0.3) is 0 Å². The van der Waals surface area contributed by atoms with Crippen LogP contribution in [0, 0.1) is 0 Å². The van der Waals surface area contributed by atoms with Crippen LogP contribution in [-0.4, -0.2) is 23.8 Å². The molecule has 0 aliphatic carbocycles. The van der Waals surface area contributed by atoms with E-state index in [2.05, 4.69) is 13.8 Å². The van der Waals surface area contributed by atoms with Gasteiger partial charge in [-0.15, -0.1) is 0 Å². The van der Waals surface area contributed by atoms with Crippen LogP contribution < -0.4 is 0 Å². The zero-order valence-corrected chi connectivity index (χ0v) is 42.5. The highest BCUT2D eigenvalue weighted by molar-refractivity contribution is 5.69. The van der Waals surface area contributed by atoms with E-state index in [1.807, 2.05) is 0 Å². The lowest BCUT2D eigenvalue weighted by molar-refractivity contribution is -0.143. The Bertz CT molecular complexity index is 781. The van der Waals surface area contributed by atoms with Gasteiger partial charge < -0.3 is 9.84 Å². The molecule has 366 valence electrons. The van der Waals surface area contributed by atoms with E-state index in [9.17, 15) is 9.90 Å². The lowest BCUT2D eigenvalue weighted by Gasteiger charge is -2.10. The highest BCUT2D eigenvalue weighted by Gasteiger charge is 2.05. The summed E-state index contributed by atoms with van der Waals surface area (Å²) in [7, 11) is 0. The molecule has 0 saturated heterocycles. The Labute approximate surface area is 386 Å². The standard InChI is InChI=1S/C58H116O3/c1-3-5-7-9-10-11-12-13-14-15-16-17-18-19-20-21-22-23-24-25-26-27-28-29-30-31-32-33-34-35-36-37-38-39-42-45-48-52-56-61-58(60)55-51-47-44-41-40-43-46-50-54-57(59)53-49-8-6-4-2/h57,59H,3-56H2,1-2H3. The van der Waals surface area contributed by atoms with Gasteiger partial charge in [-0.25, -0.2) is 0 Å². The number of carbonyl (C=O) groups is 1. The SMILES string of the molecule is CCCCCCCCCCCCCCCCCCCCCCCCCCCCCCCCCCCCCCCCOC(=O)CCCCCCCCCCC(O)CCCCCC. The molecule has 0 bridgehead atoms. The van der Waals surface area contributed by atoms with Gasteiger partial charge in [0, 0.05) is 6.42 Å². The number of carbonyl (C=O) groups excluding carboxylic acids is 1. The number of hydrogen-bond acceptors (Lipinski definition) is 3. The predicted octanol–water partition coefficient (Wildman–Crippen LogP) is 20.6. The van der Waals surface area contributed by atoms with Crippen LogP contribution in [0.2, 0.25) is 0 Å². The number of rotatable bonds is 55. The van der Waals surface area contributed by atoms with Crippen molar-refractivity contribution in [2.24, 2.45) is 0 Å². The van der Waals surface area contributed by atoms with Crippen molar-refractivity contribution in [3.63, 3.8) is 0 Å². The fraction of sp³-hybridized carbons (Fsp3) is 0.983. The summed E-state index contributed by atoms with van der Waals surface area (Å²) in [6, 6.07) is 0. The maximum Gasteiger partial charge on any atom is 0.305 e. The topological polar surface area (TPSA) is 46.5 Å². The van der Waals surface area contributed by atoms with Crippen LogP contribution in [-0.2, 0) is 9.53 Å². The van der Waals surface area contributed by atoms with Crippen molar-refractivity contribution in [1.29, 1.82) is 0 Å². The third-order valence-corrected chi connectivity index (χ3v) is 13.8. The predicted molar refractivity (Wildman–Crippen MR) is 273 cm³/mol. The highest BCUT2D eigenvalue weighted by atomic mass is 16.5. The van der Waals surface area contributed by atoms with Crippen molar-refractivity contribution < 1.29 is 14.6 Å². The average Bonchev–Trinajstić information content (AvgIpc) is 3.26. The minimum Gasteiger partial charge on any atom is -0.466 e. The molecule has 1 unspecified atom stereocenters. The third kappa shape index (κ3) is 55.5. The quantitative estimate of drug-likeness (QED) is 0.0489. The van der Waals surface area contributed by atoms with Gasteiger partial charge in [-0.2, -0.15) is 0 Å². The summed E-state index contributed by atoms with van der Waals surface area (Å²) in [4.78, 5) is 12.1. The molecule has 0 amide bonds. The summed E-state index contributed by atoms with van der Waals surface area (Å²) in [5.41, 5.74) is 0.